The number of benzene rings is 1. The molecule has 4 heteroatoms. The van der Waals surface area contributed by atoms with Gasteiger partial charge >= 0.3 is 0 Å². The maximum atomic E-state index is 5.41. The molecular formula is C14H22BrNO2. The van der Waals surface area contributed by atoms with Crippen LogP contribution in [-0.2, 0) is 6.54 Å². The van der Waals surface area contributed by atoms with Gasteiger partial charge in [0.15, 0.2) is 11.5 Å². The van der Waals surface area contributed by atoms with E-state index in [9.17, 15) is 0 Å². The minimum Gasteiger partial charge on any atom is -0.493 e. The molecule has 0 heterocycles. The highest BCUT2D eigenvalue weighted by atomic mass is 79.9. The molecule has 0 atom stereocenters. The molecule has 3 nitrogen and oxygen atoms in total. The van der Waals surface area contributed by atoms with E-state index < -0.39 is 0 Å². The Morgan fingerprint density at radius 2 is 1.94 bits per heavy atom. The smallest absolute Gasteiger partial charge is 0.165 e. The highest BCUT2D eigenvalue weighted by Gasteiger charge is 2.11. The molecule has 1 aromatic rings. The van der Waals surface area contributed by atoms with Gasteiger partial charge in [0.05, 0.1) is 14.2 Å². The Balaban J connectivity index is 2.71. The fourth-order valence-corrected chi connectivity index (χ4v) is 2.24. The first kappa shape index (κ1) is 15.3. The third-order valence-corrected chi connectivity index (χ3v) is 3.19. The Morgan fingerprint density at radius 1 is 1.22 bits per heavy atom. The van der Waals surface area contributed by atoms with E-state index in [1.54, 1.807) is 14.2 Å². The van der Waals surface area contributed by atoms with E-state index in [-0.39, 0.29) is 0 Å². The van der Waals surface area contributed by atoms with Crippen LogP contribution in [0.5, 0.6) is 11.5 Å². The Bertz CT molecular complexity index is 380. The van der Waals surface area contributed by atoms with Crippen LogP contribution in [0.25, 0.3) is 0 Å². The Kier molecular flexibility index (Phi) is 6.50. The van der Waals surface area contributed by atoms with Gasteiger partial charge in [-0.1, -0.05) is 29.8 Å². The number of rotatable bonds is 7. The van der Waals surface area contributed by atoms with E-state index in [1.165, 1.54) is 6.42 Å². The van der Waals surface area contributed by atoms with E-state index >= 15 is 0 Å². The van der Waals surface area contributed by atoms with Gasteiger partial charge in [0.25, 0.3) is 0 Å². The second kappa shape index (κ2) is 7.64. The highest BCUT2D eigenvalue weighted by Crippen LogP contribution is 2.34. The molecule has 0 aliphatic rings. The Morgan fingerprint density at radius 3 is 2.50 bits per heavy atom. The summed E-state index contributed by atoms with van der Waals surface area (Å²) in [5, 5.41) is 3.43. The van der Waals surface area contributed by atoms with Gasteiger partial charge < -0.3 is 14.8 Å². The molecule has 1 rings (SSSR count). The van der Waals surface area contributed by atoms with Gasteiger partial charge in [-0.25, -0.2) is 0 Å². The zero-order valence-corrected chi connectivity index (χ0v) is 13.1. The summed E-state index contributed by atoms with van der Waals surface area (Å²) in [6.45, 7) is 6.25. The van der Waals surface area contributed by atoms with Crippen molar-refractivity contribution >= 4 is 15.9 Å². The summed E-state index contributed by atoms with van der Waals surface area (Å²) in [5.41, 5.74) is 1.10. The minimum absolute atomic E-state index is 0.719. The molecule has 0 radical (unpaired) electrons. The third kappa shape index (κ3) is 4.50. The highest BCUT2D eigenvalue weighted by molar-refractivity contribution is 9.10. The van der Waals surface area contributed by atoms with Crippen molar-refractivity contribution in [1.82, 2.24) is 5.32 Å². The van der Waals surface area contributed by atoms with Crippen molar-refractivity contribution in [2.24, 2.45) is 5.92 Å². The van der Waals surface area contributed by atoms with Crippen molar-refractivity contribution in [2.75, 3.05) is 20.8 Å². The number of halogens is 1. The minimum atomic E-state index is 0.719. The zero-order valence-electron chi connectivity index (χ0n) is 11.5. The Hall–Kier alpha value is -0.740. The van der Waals surface area contributed by atoms with Gasteiger partial charge in [0, 0.05) is 16.6 Å². The molecule has 1 aromatic carbocycles. The molecule has 0 bridgehead atoms. The molecule has 0 saturated carbocycles. The summed E-state index contributed by atoms with van der Waals surface area (Å²) < 4.78 is 11.7. The van der Waals surface area contributed by atoms with E-state index in [4.69, 9.17) is 9.47 Å². The quantitative estimate of drug-likeness (QED) is 0.780. The number of nitrogens with one attached hydrogen (secondary N) is 1. The van der Waals surface area contributed by atoms with Gasteiger partial charge in [0.2, 0.25) is 0 Å². The van der Waals surface area contributed by atoms with E-state index in [0.717, 1.165) is 40.5 Å². The maximum absolute atomic E-state index is 5.41. The van der Waals surface area contributed by atoms with Crippen LogP contribution in [0, 0.1) is 5.92 Å². The molecule has 0 saturated heterocycles. The summed E-state index contributed by atoms with van der Waals surface area (Å²) in [6, 6.07) is 3.97. The lowest BCUT2D eigenvalue weighted by molar-refractivity contribution is 0.350. The van der Waals surface area contributed by atoms with Crippen LogP contribution in [-0.4, -0.2) is 20.8 Å². The van der Waals surface area contributed by atoms with Gasteiger partial charge in [0.1, 0.15) is 0 Å². The summed E-state index contributed by atoms with van der Waals surface area (Å²) in [4.78, 5) is 0. The normalized spacial score (nSPS) is 10.8. The predicted molar refractivity (Wildman–Crippen MR) is 78.4 cm³/mol. The predicted octanol–water partition coefficient (Wildman–Crippen LogP) is 3.60. The van der Waals surface area contributed by atoms with Crippen LogP contribution in [0.3, 0.4) is 0 Å². The van der Waals surface area contributed by atoms with Crippen LogP contribution in [0.4, 0.5) is 0 Å². The van der Waals surface area contributed by atoms with Crippen LogP contribution < -0.4 is 14.8 Å². The first-order valence-electron chi connectivity index (χ1n) is 6.19. The summed E-state index contributed by atoms with van der Waals surface area (Å²) in [6.07, 6.45) is 1.17. The first-order valence-corrected chi connectivity index (χ1v) is 6.99. The molecule has 0 unspecified atom stereocenters. The average molecular weight is 316 g/mol. The van der Waals surface area contributed by atoms with E-state index in [2.05, 4.69) is 41.2 Å². The standard InChI is InChI=1S/C14H22BrNO2/c1-10(2)5-6-16-9-11-7-12(15)8-13(17-3)14(11)18-4/h7-8,10,16H,5-6,9H2,1-4H3. The van der Waals surface area contributed by atoms with Crippen molar-refractivity contribution in [3.05, 3.63) is 22.2 Å². The second-order valence-electron chi connectivity index (χ2n) is 4.66. The fraction of sp³-hybridized carbons (Fsp3) is 0.571. The van der Waals surface area contributed by atoms with Crippen molar-refractivity contribution in [2.45, 2.75) is 26.8 Å². The van der Waals surface area contributed by atoms with Crippen molar-refractivity contribution < 1.29 is 9.47 Å². The SMILES string of the molecule is COc1cc(Br)cc(CNCCC(C)C)c1OC. The number of hydrogen-bond donors (Lipinski definition) is 1. The van der Waals surface area contributed by atoms with Crippen LogP contribution in [0.1, 0.15) is 25.8 Å². The molecule has 102 valence electrons. The molecule has 1 N–H and O–H groups in total. The van der Waals surface area contributed by atoms with Crippen molar-refractivity contribution in [3.63, 3.8) is 0 Å². The molecule has 0 spiro atoms. The largest absolute Gasteiger partial charge is 0.493 e. The number of hydrogen-bond acceptors (Lipinski definition) is 3. The van der Waals surface area contributed by atoms with E-state index in [1.807, 2.05) is 6.07 Å². The second-order valence-corrected chi connectivity index (χ2v) is 5.58. The molecule has 0 aliphatic carbocycles. The van der Waals surface area contributed by atoms with E-state index in [0.29, 0.717) is 0 Å². The van der Waals surface area contributed by atoms with Crippen molar-refractivity contribution in [1.29, 1.82) is 0 Å². The average Bonchev–Trinajstić information content (AvgIpc) is 2.33. The lowest BCUT2D eigenvalue weighted by Crippen LogP contribution is -2.17. The van der Waals surface area contributed by atoms with Crippen molar-refractivity contribution in [3.8, 4) is 11.5 Å². The fourth-order valence-electron chi connectivity index (χ4n) is 1.75. The van der Waals surface area contributed by atoms with Gasteiger partial charge in [-0.3, -0.25) is 0 Å². The number of methoxy groups -OCH3 is 2. The maximum Gasteiger partial charge on any atom is 0.165 e. The van der Waals surface area contributed by atoms with Gasteiger partial charge in [-0.15, -0.1) is 0 Å². The molecule has 18 heavy (non-hydrogen) atoms. The van der Waals surface area contributed by atoms with Crippen LogP contribution in [0.2, 0.25) is 0 Å². The summed E-state index contributed by atoms with van der Waals surface area (Å²) in [5.74, 6) is 2.28. The lowest BCUT2D eigenvalue weighted by atomic mass is 10.1. The summed E-state index contributed by atoms with van der Waals surface area (Å²) in [7, 11) is 3.32. The first-order chi connectivity index (χ1) is 8.58. The third-order valence-electron chi connectivity index (χ3n) is 2.73. The van der Waals surface area contributed by atoms with Gasteiger partial charge in [-0.05, 0) is 31.0 Å². The molecular weight excluding hydrogens is 294 g/mol. The monoisotopic (exact) mass is 315 g/mol. The molecule has 0 fully saturated rings. The topological polar surface area (TPSA) is 30.5 Å². The van der Waals surface area contributed by atoms with Gasteiger partial charge in [-0.2, -0.15) is 0 Å². The van der Waals surface area contributed by atoms with Crippen LogP contribution in [0.15, 0.2) is 16.6 Å². The molecule has 0 amide bonds. The molecule has 0 aromatic heterocycles. The summed E-state index contributed by atoms with van der Waals surface area (Å²) >= 11 is 3.49. The molecule has 0 aliphatic heterocycles. The zero-order chi connectivity index (χ0) is 13.5. The lowest BCUT2D eigenvalue weighted by Gasteiger charge is -2.14. The Labute approximate surface area is 118 Å². The number of ether oxygens (including phenoxy) is 2. The van der Waals surface area contributed by atoms with Crippen LogP contribution >= 0.6 is 15.9 Å².